The predicted molar refractivity (Wildman–Crippen MR) is 116 cm³/mol. The highest BCUT2D eigenvalue weighted by Crippen LogP contribution is 2.44. The Bertz CT molecular complexity index is 1050. The molecule has 2 N–H and O–H groups in total. The third-order valence-electron chi connectivity index (χ3n) is 4.29. The van der Waals surface area contributed by atoms with Gasteiger partial charge in [-0.2, -0.15) is 0 Å². The second kappa shape index (κ2) is 8.06. The van der Waals surface area contributed by atoms with Gasteiger partial charge in [-0.25, -0.2) is 4.98 Å². The molecular formula is C21H20N4S2. The number of hydrogen-bond acceptors (Lipinski definition) is 6. The molecule has 0 unspecified atom stereocenters. The van der Waals surface area contributed by atoms with E-state index in [-0.39, 0.29) is 0 Å². The van der Waals surface area contributed by atoms with Crippen LogP contribution in [0.4, 0.5) is 5.69 Å². The highest BCUT2D eigenvalue weighted by molar-refractivity contribution is 8.01. The number of nitrogens with two attached hydrogens (primary N) is 1. The normalized spacial score (nSPS) is 11.1. The van der Waals surface area contributed by atoms with Gasteiger partial charge in [0.15, 0.2) is 0 Å². The molecule has 4 heterocycles. The minimum atomic E-state index is 0.821. The van der Waals surface area contributed by atoms with Crippen LogP contribution in [0.5, 0.6) is 0 Å². The summed E-state index contributed by atoms with van der Waals surface area (Å²) in [6, 6.07) is 12.0. The number of nitrogen functional groups attached to an aromatic ring is 1. The number of aromatic nitrogens is 3. The maximum atomic E-state index is 6.56. The van der Waals surface area contributed by atoms with E-state index in [2.05, 4.69) is 23.0 Å². The molecule has 0 saturated heterocycles. The average Bonchev–Trinajstić information content (AvgIpc) is 3.04. The van der Waals surface area contributed by atoms with Gasteiger partial charge in [-0.1, -0.05) is 19.4 Å². The van der Waals surface area contributed by atoms with E-state index in [1.807, 2.05) is 54.5 Å². The van der Waals surface area contributed by atoms with Crippen molar-refractivity contribution in [2.45, 2.75) is 24.0 Å². The van der Waals surface area contributed by atoms with Gasteiger partial charge in [0.1, 0.15) is 4.83 Å². The first-order valence-corrected chi connectivity index (χ1v) is 10.8. The molecule has 0 aliphatic rings. The van der Waals surface area contributed by atoms with Gasteiger partial charge in [0.2, 0.25) is 0 Å². The van der Waals surface area contributed by atoms with E-state index in [9.17, 15) is 0 Å². The maximum absolute atomic E-state index is 6.56. The molecule has 0 fully saturated rings. The molecule has 136 valence electrons. The first kappa shape index (κ1) is 17.9. The number of nitrogens with zero attached hydrogens (tertiary/aromatic N) is 3. The fraction of sp³-hybridized carbons (Fsp3) is 0.190. The van der Waals surface area contributed by atoms with Crippen LogP contribution >= 0.6 is 23.1 Å². The molecule has 0 spiro atoms. The van der Waals surface area contributed by atoms with Crippen LogP contribution in [0.2, 0.25) is 0 Å². The first-order chi connectivity index (χ1) is 13.3. The largest absolute Gasteiger partial charge is 0.397 e. The molecule has 0 amide bonds. The van der Waals surface area contributed by atoms with Gasteiger partial charge < -0.3 is 5.73 Å². The van der Waals surface area contributed by atoms with Crippen LogP contribution in [0.1, 0.15) is 19.8 Å². The number of hydrogen-bond donors (Lipinski definition) is 1. The number of thiophene rings is 1. The summed E-state index contributed by atoms with van der Waals surface area (Å²) in [5, 5.41) is 1.00. The average molecular weight is 393 g/mol. The Morgan fingerprint density at radius 2 is 2.04 bits per heavy atom. The molecule has 0 saturated carbocycles. The van der Waals surface area contributed by atoms with Crippen molar-refractivity contribution in [2.75, 3.05) is 11.5 Å². The topological polar surface area (TPSA) is 64.7 Å². The molecule has 0 aromatic carbocycles. The zero-order valence-corrected chi connectivity index (χ0v) is 16.7. The lowest BCUT2D eigenvalue weighted by molar-refractivity contribution is 0.897. The van der Waals surface area contributed by atoms with Crippen molar-refractivity contribution >= 4 is 39.0 Å². The van der Waals surface area contributed by atoms with Gasteiger partial charge in [0.05, 0.1) is 21.3 Å². The molecule has 0 aliphatic heterocycles. The Labute approximate surface area is 166 Å². The van der Waals surface area contributed by atoms with E-state index in [1.54, 1.807) is 17.5 Å². The Kier molecular flexibility index (Phi) is 5.36. The minimum Gasteiger partial charge on any atom is -0.397 e. The summed E-state index contributed by atoms with van der Waals surface area (Å²) in [5.74, 6) is 1.07. The minimum absolute atomic E-state index is 0.821. The van der Waals surface area contributed by atoms with Crippen LogP contribution in [-0.4, -0.2) is 20.7 Å². The van der Waals surface area contributed by atoms with Gasteiger partial charge in [-0.15, -0.1) is 23.1 Å². The molecule has 4 rings (SSSR count). The highest BCUT2D eigenvalue weighted by atomic mass is 32.2. The summed E-state index contributed by atoms with van der Waals surface area (Å²) >= 11 is 3.49. The third kappa shape index (κ3) is 3.68. The van der Waals surface area contributed by atoms with E-state index >= 15 is 0 Å². The second-order valence-electron chi connectivity index (χ2n) is 6.20. The van der Waals surface area contributed by atoms with E-state index in [0.717, 1.165) is 48.4 Å². The van der Waals surface area contributed by atoms with Gasteiger partial charge >= 0.3 is 0 Å². The SMILES string of the molecule is CCCCSc1sc2nc(-c3cccnc3)cc(-c3ccccn3)c2c1N. The third-order valence-corrected chi connectivity index (χ3v) is 6.77. The molecular weight excluding hydrogens is 372 g/mol. The fourth-order valence-corrected chi connectivity index (χ4v) is 5.36. The number of fused-ring (bicyclic) bond motifs is 1. The van der Waals surface area contributed by atoms with Crippen molar-refractivity contribution < 1.29 is 0 Å². The van der Waals surface area contributed by atoms with Gasteiger partial charge in [-0.3, -0.25) is 9.97 Å². The summed E-state index contributed by atoms with van der Waals surface area (Å²) in [4.78, 5) is 14.6. The van der Waals surface area contributed by atoms with E-state index < -0.39 is 0 Å². The lowest BCUT2D eigenvalue weighted by Crippen LogP contribution is -1.92. The van der Waals surface area contributed by atoms with Gasteiger partial charge in [-0.05, 0) is 42.5 Å². The molecule has 0 atom stereocenters. The van der Waals surface area contributed by atoms with E-state index in [4.69, 9.17) is 10.7 Å². The lowest BCUT2D eigenvalue weighted by Gasteiger charge is -2.08. The van der Waals surface area contributed by atoms with Crippen LogP contribution in [0.15, 0.2) is 59.2 Å². The highest BCUT2D eigenvalue weighted by Gasteiger charge is 2.18. The number of thioether (sulfide) groups is 1. The summed E-state index contributed by atoms with van der Waals surface area (Å²) < 4.78 is 1.14. The monoisotopic (exact) mass is 392 g/mol. The van der Waals surface area contributed by atoms with E-state index in [1.165, 1.54) is 12.8 Å². The fourth-order valence-electron chi connectivity index (χ4n) is 2.90. The van der Waals surface area contributed by atoms with Gasteiger partial charge in [0.25, 0.3) is 0 Å². The molecule has 27 heavy (non-hydrogen) atoms. The summed E-state index contributed by atoms with van der Waals surface area (Å²) in [7, 11) is 0. The van der Waals surface area contributed by atoms with Crippen molar-refractivity contribution in [1.82, 2.24) is 15.0 Å². The number of unbranched alkanes of at least 4 members (excludes halogenated alkanes) is 1. The van der Waals surface area contributed by atoms with Crippen LogP contribution in [0, 0.1) is 0 Å². The Hall–Kier alpha value is -2.44. The van der Waals surface area contributed by atoms with Crippen molar-refractivity contribution in [2.24, 2.45) is 0 Å². The van der Waals surface area contributed by atoms with Crippen molar-refractivity contribution in [3.05, 3.63) is 55.0 Å². The quantitative estimate of drug-likeness (QED) is 0.327. The van der Waals surface area contributed by atoms with Crippen molar-refractivity contribution in [3.8, 4) is 22.5 Å². The number of rotatable bonds is 6. The van der Waals surface area contributed by atoms with Crippen LogP contribution in [0.25, 0.3) is 32.7 Å². The zero-order valence-electron chi connectivity index (χ0n) is 15.1. The molecule has 0 radical (unpaired) electrons. The molecule has 0 aliphatic carbocycles. The number of anilines is 1. The molecule has 4 nitrogen and oxygen atoms in total. The smallest absolute Gasteiger partial charge is 0.127 e. The standard InChI is InChI=1S/C21H20N4S2/c1-2-3-11-26-21-19(22)18-15(16-8-4-5-10-24-16)12-17(25-20(18)27-21)14-7-6-9-23-13-14/h4-10,12-13H,2-3,11,22H2,1H3. The maximum Gasteiger partial charge on any atom is 0.127 e. The molecule has 4 aromatic rings. The van der Waals surface area contributed by atoms with Crippen molar-refractivity contribution in [1.29, 1.82) is 0 Å². The van der Waals surface area contributed by atoms with Crippen LogP contribution < -0.4 is 5.73 Å². The van der Waals surface area contributed by atoms with Crippen LogP contribution in [0.3, 0.4) is 0 Å². The summed E-state index contributed by atoms with van der Waals surface area (Å²) in [6.07, 6.45) is 7.78. The Morgan fingerprint density at radius 1 is 1.11 bits per heavy atom. The number of pyridine rings is 3. The Morgan fingerprint density at radius 3 is 2.78 bits per heavy atom. The van der Waals surface area contributed by atoms with Gasteiger partial charge in [0, 0.05) is 35.1 Å². The zero-order chi connectivity index (χ0) is 18.6. The molecule has 4 aromatic heterocycles. The van der Waals surface area contributed by atoms with E-state index in [0.29, 0.717) is 0 Å². The molecule has 6 heteroatoms. The summed E-state index contributed by atoms with van der Waals surface area (Å²) in [6.45, 7) is 2.20. The first-order valence-electron chi connectivity index (χ1n) is 8.95. The second-order valence-corrected chi connectivity index (χ2v) is 8.56. The van der Waals surface area contributed by atoms with Crippen molar-refractivity contribution in [3.63, 3.8) is 0 Å². The lowest BCUT2D eigenvalue weighted by atomic mass is 10.0. The predicted octanol–water partition coefficient (Wildman–Crippen LogP) is 5.89. The van der Waals surface area contributed by atoms with Crippen LogP contribution in [-0.2, 0) is 0 Å². The summed E-state index contributed by atoms with van der Waals surface area (Å²) in [5.41, 5.74) is 11.2. The molecule has 0 bridgehead atoms. The Balaban J connectivity index is 1.91.